The van der Waals surface area contributed by atoms with E-state index >= 15 is 0 Å². The molecule has 0 atom stereocenters. The third-order valence-electron chi connectivity index (χ3n) is 4.35. The third kappa shape index (κ3) is 4.39. The molecule has 3 rings (SSSR count). The second kappa shape index (κ2) is 8.29. The normalized spacial score (nSPS) is 14.7. The van der Waals surface area contributed by atoms with E-state index < -0.39 is 0 Å². The van der Waals surface area contributed by atoms with E-state index in [1.807, 2.05) is 42.9 Å². The van der Waals surface area contributed by atoms with Crippen molar-refractivity contribution in [2.24, 2.45) is 7.05 Å². The maximum Gasteiger partial charge on any atom is 0.267 e. The fourth-order valence-electron chi connectivity index (χ4n) is 2.83. The van der Waals surface area contributed by atoms with Gasteiger partial charge in [-0.15, -0.1) is 0 Å². The van der Waals surface area contributed by atoms with Gasteiger partial charge in [-0.25, -0.2) is 9.97 Å². The van der Waals surface area contributed by atoms with Gasteiger partial charge in [0.05, 0.1) is 13.2 Å². The smallest absolute Gasteiger partial charge is 0.267 e. The number of likely N-dealkylation sites (N-methyl/N-ethyl adjacent to an activating group) is 1. The van der Waals surface area contributed by atoms with E-state index in [1.54, 1.807) is 12.4 Å². The van der Waals surface area contributed by atoms with E-state index in [-0.39, 0.29) is 5.91 Å². The van der Waals surface area contributed by atoms with E-state index in [4.69, 9.17) is 4.74 Å². The van der Waals surface area contributed by atoms with Crippen LogP contribution in [0.4, 0.5) is 5.95 Å². The van der Waals surface area contributed by atoms with Gasteiger partial charge in [0.1, 0.15) is 5.69 Å². The molecule has 0 bridgehead atoms. The van der Waals surface area contributed by atoms with Gasteiger partial charge in [-0.2, -0.15) is 0 Å². The number of carbonyl (C=O) groups is 1. The van der Waals surface area contributed by atoms with Crippen LogP contribution in [0.5, 0.6) is 0 Å². The number of nitrogens with one attached hydrogen (secondary N) is 1. The summed E-state index contributed by atoms with van der Waals surface area (Å²) in [7, 11) is 5.83. The van der Waals surface area contributed by atoms with Gasteiger partial charge in [-0.05, 0) is 20.2 Å². The number of amides is 1. The summed E-state index contributed by atoms with van der Waals surface area (Å²) in [5.74, 6) is 0.640. The molecule has 1 fully saturated rings. The molecule has 1 N–H and O–H groups in total. The number of hydrogen-bond acceptors (Lipinski definition) is 6. The molecule has 8 nitrogen and oxygen atoms in total. The van der Waals surface area contributed by atoms with Crippen molar-refractivity contribution in [2.45, 2.75) is 0 Å². The number of rotatable bonds is 6. The predicted molar refractivity (Wildman–Crippen MR) is 100 cm³/mol. The van der Waals surface area contributed by atoms with Crippen LogP contribution < -0.4 is 10.2 Å². The molecule has 2 aromatic rings. The molecular formula is C18H26N6O2. The predicted octanol–water partition coefficient (Wildman–Crippen LogP) is 0.610. The second-order valence-electron chi connectivity index (χ2n) is 6.66. The van der Waals surface area contributed by atoms with Gasteiger partial charge < -0.3 is 24.4 Å². The number of carbonyl (C=O) groups excluding carboxylic acids is 1. The van der Waals surface area contributed by atoms with Crippen molar-refractivity contribution >= 4 is 11.9 Å². The molecule has 0 spiro atoms. The molecule has 0 aliphatic carbocycles. The Bertz CT molecular complexity index is 735. The third-order valence-corrected chi connectivity index (χ3v) is 4.35. The number of ether oxygens (including phenoxy) is 1. The van der Waals surface area contributed by atoms with E-state index in [0.717, 1.165) is 36.7 Å². The van der Waals surface area contributed by atoms with Crippen LogP contribution in [0.2, 0.25) is 0 Å². The van der Waals surface area contributed by atoms with Crippen LogP contribution in [-0.4, -0.2) is 78.8 Å². The van der Waals surface area contributed by atoms with Gasteiger partial charge >= 0.3 is 0 Å². The number of anilines is 1. The largest absolute Gasteiger partial charge is 0.378 e. The SMILES string of the molecule is CN(C)CCNC(=O)c1cc(-c2cnc(N3CCOCC3)nc2)cn1C. The van der Waals surface area contributed by atoms with Crippen molar-refractivity contribution in [1.82, 2.24) is 24.8 Å². The molecule has 1 aliphatic heterocycles. The first-order chi connectivity index (χ1) is 12.5. The molecule has 8 heteroatoms. The summed E-state index contributed by atoms with van der Waals surface area (Å²) in [6, 6.07) is 1.87. The molecule has 3 heterocycles. The van der Waals surface area contributed by atoms with Gasteiger partial charge in [0.15, 0.2) is 0 Å². The molecule has 1 aliphatic rings. The zero-order chi connectivity index (χ0) is 18.5. The highest BCUT2D eigenvalue weighted by molar-refractivity contribution is 5.94. The Morgan fingerprint density at radius 1 is 1.23 bits per heavy atom. The fourth-order valence-corrected chi connectivity index (χ4v) is 2.83. The van der Waals surface area contributed by atoms with Crippen LogP contribution in [0.25, 0.3) is 11.1 Å². The average Bonchev–Trinajstić information content (AvgIpc) is 3.04. The summed E-state index contributed by atoms with van der Waals surface area (Å²) < 4.78 is 7.18. The van der Waals surface area contributed by atoms with Crippen molar-refractivity contribution in [3.63, 3.8) is 0 Å². The van der Waals surface area contributed by atoms with Gasteiger partial charge in [-0.1, -0.05) is 0 Å². The molecule has 0 aromatic carbocycles. The van der Waals surface area contributed by atoms with Crippen LogP contribution in [0.3, 0.4) is 0 Å². The average molecular weight is 358 g/mol. The Balaban J connectivity index is 1.68. The number of nitrogens with zero attached hydrogens (tertiary/aromatic N) is 5. The van der Waals surface area contributed by atoms with Crippen LogP contribution in [0.15, 0.2) is 24.7 Å². The fraction of sp³-hybridized carbons (Fsp3) is 0.500. The first kappa shape index (κ1) is 18.3. The molecule has 26 heavy (non-hydrogen) atoms. The van der Waals surface area contributed by atoms with Crippen molar-refractivity contribution in [2.75, 3.05) is 58.4 Å². The van der Waals surface area contributed by atoms with Gasteiger partial charge in [0.25, 0.3) is 5.91 Å². The van der Waals surface area contributed by atoms with Crippen LogP contribution >= 0.6 is 0 Å². The zero-order valence-electron chi connectivity index (χ0n) is 15.6. The van der Waals surface area contributed by atoms with Crippen molar-refractivity contribution < 1.29 is 9.53 Å². The van der Waals surface area contributed by atoms with E-state index in [2.05, 4.69) is 20.2 Å². The topological polar surface area (TPSA) is 75.5 Å². The molecule has 2 aromatic heterocycles. The molecule has 1 amide bonds. The minimum absolute atomic E-state index is 0.0774. The van der Waals surface area contributed by atoms with Crippen LogP contribution in [0.1, 0.15) is 10.5 Å². The highest BCUT2D eigenvalue weighted by Gasteiger charge is 2.15. The highest BCUT2D eigenvalue weighted by atomic mass is 16.5. The Morgan fingerprint density at radius 3 is 2.58 bits per heavy atom. The summed E-state index contributed by atoms with van der Waals surface area (Å²) in [6.45, 7) is 4.44. The first-order valence-corrected chi connectivity index (χ1v) is 8.79. The first-order valence-electron chi connectivity index (χ1n) is 8.79. The van der Waals surface area contributed by atoms with Crippen LogP contribution in [-0.2, 0) is 11.8 Å². The summed E-state index contributed by atoms with van der Waals surface area (Å²) in [5, 5.41) is 2.94. The summed E-state index contributed by atoms with van der Waals surface area (Å²) in [4.78, 5) is 25.4. The number of morpholine rings is 1. The van der Waals surface area contributed by atoms with Crippen molar-refractivity contribution in [3.05, 3.63) is 30.4 Å². The van der Waals surface area contributed by atoms with Gasteiger partial charge in [-0.3, -0.25) is 4.79 Å². The minimum Gasteiger partial charge on any atom is -0.378 e. The highest BCUT2D eigenvalue weighted by Crippen LogP contribution is 2.22. The Hall–Kier alpha value is -2.45. The lowest BCUT2D eigenvalue weighted by molar-refractivity contribution is 0.0943. The second-order valence-corrected chi connectivity index (χ2v) is 6.66. The van der Waals surface area contributed by atoms with Crippen molar-refractivity contribution in [1.29, 1.82) is 0 Å². The molecule has 0 radical (unpaired) electrons. The molecule has 0 unspecified atom stereocenters. The van der Waals surface area contributed by atoms with E-state index in [0.29, 0.717) is 25.5 Å². The Morgan fingerprint density at radius 2 is 1.92 bits per heavy atom. The number of aromatic nitrogens is 3. The molecule has 1 saturated heterocycles. The standard InChI is InChI=1S/C18H26N6O2/c1-22(2)5-4-19-17(25)16-10-14(13-23(16)3)15-11-20-18(21-12-15)24-6-8-26-9-7-24/h10-13H,4-9H2,1-3H3,(H,19,25). The van der Waals surface area contributed by atoms with E-state index in [9.17, 15) is 4.79 Å². The van der Waals surface area contributed by atoms with E-state index in [1.165, 1.54) is 0 Å². The summed E-state index contributed by atoms with van der Waals surface area (Å²) in [6.07, 6.45) is 5.54. The maximum atomic E-state index is 12.4. The molecule has 0 saturated carbocycles. The summed E-state index contributed by atoms with van der Waals surface area (Å²) in [5.41, 5.74) is 2.44. The summed E-state index contributed by atoms with van der Waals surface area (Å²) >= 11 is 0. The monoisotopic (exact) mass is 358 g/mol. The van der Waals surface area contributed by atoms with Crippen LogP contribution in [0, 0.1) is 0 Å². The van der Waals surface area contributed by atoms with Crippen molar-refractivity contribution in [3.8, 4) is 11.1 Å². The molecular weight excluding hydrogens is 332 g/mol. The number of aryl methyl sites for hydroxylation is 1. The molecule has 140 valence electrons. The zero-order valence-corrected chi connectivity index (χ0v) is 15.6. The van der Waals surface area contributed by atoms with Gasteiger partial charge in [0, 0.05) is 62.9 Å². The van der Waals surface area contributed by atoms with Gasteiger partial charge in [0.2, 0.25) is 5.95 Å². The maximum absolute atomic E-state index is 12.4. The lowest BCUT2D eigenvalue weighted by Gasteiger charge is -2.26. The number of hydrogen-bond donors (Lipinski definition) is 1. The lowest BCUT2D eigenvalue weighted by atomic mass is 10.2. The lowest BCUT2D eigenvalue weighted by Crippen LogP contribution is -2.37. The Kier molecular flexibility index (Phi) is 5.85. The Labute approximate surface area is 153 Å². The minimum atomic E-state index is -0.0774. The quantitative estimate of drug-likeness (QED) is 0.816.